The Hall–Kier alpha value is -1.35. The van der Waals surface area contributed by atoms with Crippen LogP contribution in [0.5, 0.6) is 0 Å². The molecule has 0 aliphatic rings. The third-order valence-electron chi connectivity index (χ3n) is 2.90. The summed E-state index contributed by atoms with van der Waals surface area (Å²) in [5.74, 6) is -1.77. The van der Waals surface area contributed by atoms with Crippen LogP contribution < -0.4 is 0 Å². The maximum absolute atomic E-state index is 10.8. The van der Waals surface area contributed by atoms with Gasteiger partial charge in [-0.05, 0) is 44.4 Å². The summed E-state index contributed by atoms with van der Waals surface area (Å²) < 4.78 is 0. The molecule has 0 saturated carbocycles. The van der Waals surface area contributed by atoms with E-state index in [1.807, 2.05) is 32.9 Å². The lowest BCUT2D eigenvalue weighted by molar-refractivity contribution is -0.145. The molecule has 2 N–H and O–H groups in total. The number of carbonyl (C=O) groups is 1. The van der Waals surface area contributed by atoms with Gasteiger partial charge in [0.2, 0.25) is 0 Å². The summed E-state index contributed by atoms with van der Waals surface area (Å²) in [6, 6.07) is 3.92. The Morgan fingerprint density at radius 1 is 1.19 bits per heavy atom. The fourth-order valence-corrected chi connectivity index (χ4v) is 2.04. The number of benzene rings is 1. The third kappa shape index (κ3) is 2.42. The second kappa shape index (κ2) is 4.66. The molecule has 0 aliphatic heterocycles. The predicted octanol–water partition coefficient (Wildman–Crippen LogP) is 2.37. The minimum absolute atomic E-state index is 0.737. The van der Waals surface area contributed by atoms with E-state index in [4.69, 9.17) is 5.11 Å². The lowest BCUT2D eigenvalue weighted by Gasteiger charge is -2.20. The van der Waals surface area contributed by atoms with Gasteiger partial charge >= 0.3 is 5.97 Å². The first kappa shape index (κ1) is 12.7. The molecule has 3 nitrogen and oxygen atoms in total. The first-order chi connectivity index (χ1) is 7.34. The zero-order valence-electron chi connectivity index (χ0n) is 10.1. The van der Waals surface area contributed by atoms with Crippen LogP contribution in [-0.2, 0) is 4.79 Å². The van der Waals surface area contributed by atoms with Crippen molar-refractivity contribution in [2.75, 3.05) is 0 Å². The normalized spacial score (nSPS) is 14.6. The Bertz CT molecular complexity index is 387. The highest BCUT2D eigenvalue weighted by Gasteiger charge is 2.25. The van der Waals surface area contributed by atoms with Crippen LogP contribution in [0.15, 0.2) is 12.1 Å². The summed E-state index contributed by atoms with van der Waals surface area (Å²) in [4.78, 5) is 10.8. The number of aliphatic carboxylic acids is 1. The van der Waals surface area contributed by atoms with Crippen molar-refractivity contribution < 1.29 is 15.0 Å². The van der Waals surface area contributed by atoms with Crippen molar-refractivity contribution in [3.05, 3.63) is 34.4 Å². The number of carboxylic acid groups (broad SMARTS) is 1. The SMILES string of the molecule is Cc1cc(C)c(C(O)C(C)C(=O)O)c(C)c1. The number of hydrogen-bond acceptors (Lipinski definition) is 2. The van der Waals surface area contributed by atoms with E-state index in [0.29, 0.717) is 0 Å². The van der Waals surface area contributed by atoms with Crippen molar-refractivity contribution in [1.82, 2.24) is 0 Å². The summed E-state index contributed by atoms with van der Waals surface area (Å²) in [7, 11) is 0. The molecule has 0 aliphatic carbocycles. The standard InChI is InChI=1S/C13H18O3/c1-7-5-8(2)11(9(3)6-7)12(14)10(4)13(15)16/h5-6,10,12,14H,1-4H3,(H,15,16). The molecule has 0 heterocycles. The molecule has 0 bridgehead atoms. The van der Waals surface area contributed by atoms with Crippen LogP contribution in [0, 0.1) is 26.7 Å². The van der Waals surface area contributed by atoms with Gasteiger partial charge in [0.25, 0.3) is 0 Å². The first-order valence-corrected chi connectivity index (χ1v) is 5.33. The molecule has 0 amide bonds. The minimum atomic E-state index is -0.980. The molecule has 1 aromatic carbocycles. The number of rotatable bonds is 3. The van der Waals surface area contributed by atoms with Gasteiger partial charge in [0.15, 0.2) is 0 Å². The van der Waals surface area contributed by atoms with Gasteiger partial charge in [-0.1, -0.05) is 17.7 Å². The van der Waals surface area contributed by atoms with Crippen molar-refractivity contribution in [3.63, 3.8) is 0 Å². The highest BCUT2D eigenvalue weighted by molar-refractivity contribution is 5.70. The predicted molar refractivity (Wildman–Crippen MR) is 62.4 cm³/mol. The van der Waals surface area contributed by atoms with Crippen molar-refractivity contribution in [2.45, 2.75) is 33.8 Å². The Balaban J connectivity index is 3.18. The smallest absolute Gasteiger partial charge is 0.309 e. The average Bonchev–Trinajstić information content (AvgIpc) is 2.14. The zero-order chi connectivity index (χ0) is 12.5. The van der Waals surface area contributed by atoms with Gasteiger partial charge in [0, 0.05) is 0 Å². The zero-order valence-corrected chi connectivity index (χ0v) is 10.1. The Morgan fingerprint density at radius 2 is 1.62 bits per heavy atom. The molecule has 1 aromatic rings. The summed E-state index contributed by atoms with van der Waals surface area (Å²) in [6.45, 7) is 7.29. The van der Waals surface area contributed by atoms with Crippen LogP contribution in [0.3, 0.4) is 0 Å². The van der Waals surface area contributed by atoms with Crippen LogP contribution in [0.4, 0.5) is 0 Å². The van der Waals surface area contributed by atoms with Gasteiger partial charge in [-0.3, -0.25) is 4.79 Å². The molecule has 2 atom stereocenters. The molecular weight excluding hydrogens is 204 g/mol. The van der Waals surface area contributed by atoms with Crippen LogP contribution in [0.25, 0.3) is 0 Å². The van der Waals surface area contributed by atoms with Crippen LogP contribution in [0.1, 0.15) is 35.3 Å². The fourth-order valence-electron chi connectivity index (χ4n) is 2.04. The number of carboxylic acids is 1. The van der Waals surface area contributed by atoms with Crippen molar-refractivity contribution in [3.8, 4) is 0 Å². The van der Waals surface area contributed by atoms with Gasteiger partial charge in [0.05, 0.1) is 12.0 Å². The molecule has 0 spiro atoms. The molecule has 0 saturated heterocycles. The topological polar surface area (TPSA) is 57.5 Å². The monoisotopic (exact) mass is 222 g/mol. The number of hydrogen-bond donors (Lipinski definition) is 2. The van der Waals surface area contributed by atoms with Crippen molar-refractivity contribution >= 4 is 5.97 Å². The van der Waals surface area contributed by atoms with E-state index >= 15 is 0 Å². The van der Waals surface area contributed by atoms with Crippen LogP contribution in [0.2, 0.25) is 0 Å². The lowest BCUT2D eigenvalue weighted by atomic mass is 9.89. The quantitative estimate of drug-likeness (QED) is 0.825. The van der Waals surface area contributed by atoms with Gasteiger partial charge in [-0.15, -0.1) is 0 Å². The second-order valence-electron chi connectivity index (χ2n) is 4.38. The van der Waals surface area contributed by atoms with E-state index in [1.54, 1.807) is 0 Å². The molecule has 3 heteroatoms. The highest BCUT2D eigenvalue weighted by Crippen LogP contribution is 2.28. The van der Waals surface area contributed by atoms with Crippen LogP contribution in [-0.4, -0.2) is 16.2 Å². The van der Waals surface area contributed by atoms with E-state index in [2.05, 4.69) is 0 Å². The third-order valence-corrected chi connectivity index (χ3v) is 2.90. The molecule has 2 unspecified atom stereocenters. The Morgan fingerprint density at radius 3 is 2.00 bits per heavy atom. The second-order valence-corrected chi connectivity index (χ2v) is 4.38. The summed E-state index contributed by atoms with van der Waals surface area (Å²) in [5, 5.41) is 18.9. The van der Waals surface area contributed by atoms with Gasteiger partial charge in [-0.25, -0.2) is 0 Å². The molecule has 88 valence electrons. The van der Waals surface area contributed by atoms with Gasteiger partial charge < -0.3 is 10.2 Å². The fraction of sp³-hybridized carbons (Fsp3) is 0.462. The largest absolute Gasteiger partial charge is 0.481 e. The van der Waals surface area contributed by atoms with Crippen molar-refractivity contribution in [2.24, 2.45) is 5.92 Å². The molecule has 0 aromatic heterocycles. The van der Waals surface area contributed by atoms with E-state index in [0.717, 1.165) is 22.3 Å². The first-order valence-electron chi connectivity index (χ1n) is 5.33. The maximum atomic E-state index is 10.8. The van der Waals surface area contributed by atoms with E-state index in [1.165, 1.54) is 6.92 Å². The lowest BCUT2D eigenvalue weighted by Crippen LogP contribution is -2.20. The summed E-state index contributed by atoms with van der Waals surface area (Å²) in [6.07, 6.45) is -0.946. The maximum Gasteiger partial charge on any atom is 0.309 e. The molecular formula is C13H18O3. The summed E-state index contributed by atoms with van der Waals surface area (Å²) in [5.41, 5.74) is 3.74. The van der Waals surface area contributed by atoms with Crippen LogP contribution >= 0.6 is 0 Å². The Labute approximate surface area is 95.7 Å². The van der Waals surface area contributed by atoms with Crippen molar-refractivity contribution in [1.29, 1.82) is 0 Å². The van der Waals surface area contributed by atoms with E-state index in [9.17, 15) is 9.90 Å². The van der Waals surface area contributed by atoms with Gasteiger partial charge in [0.1, 0.15) is 0 Å². The molecule has 0 radical (unpaired) electrons. The highest BCUT2D eigenvalue weighted by atomic mass is 16.4. The Kier molecular flexibility index (Phi) is 3.70. The van der Waals surface area contributed by atoms with E-state index in [-0.39, 0.29) is 0 Å². The van der Waals surface area contributed by atoms with E-state index < -0.39 is 18.0 Å². The number of aryl methyl sites for hydroxylation is 3. The molecule has 16 heavy (non-hydrogen) atoms. The number of aliphatic hydroxyl groups is 1. The molecule has 0 fully saturated rings. The minimum Gasteiger partial charge on any atom is -0.481 e. The van der Waals surface area contributed by atoms with Gasteiger partial charge in [-0.2, -0.15) is 0 Å². The average molecular weight is 222 g/mol. The number of aliphatic hydroxyl groups excluding tert-OH is 1. The summed E-state index contributed by atoms with van der Waals surface area (Å²) >= 11 is 0. The molecule has 1 rings (SSSR count).